The lowest BCUT2D eigenvalue weighted by Gasteiger charge is -2.39. The van der Waals surface area contributed by atoms with Gasteiger partial charge in [0, 0.05) is 17.8 Å². The number of likely N-dealkylation sites (tertiary alicyclic amines) is 1. The van der Waals surface area contributed by atoms with Crippen LogP contribution in [0.3, 0.4) is 0 Å². The molecule has 0 aromatic heterocycles. The number of carbonyl (C=O) groups excluding carboxylic acids is 2. The molecule has 2 aromatic rings. The third-order valence-corrected chi connectivity index (χ3v) is 5.67. The summed E-state index contributed by atoms with van der Waals surface area (Å²) in [5.74, 6) is -0.296. The summed E-state index contributed by atoms with van der Waals surface area (Å²) in [6, 6.07) is 15.3. The van der Waals surface area contributed by atoms with E-state index in [1.165, 1.54) is 5.56 Å². The first-order valence-corrected chi connectivity index (χ1v) is 9.78. The van der Waals surface area contributed by atoms with Crippen molar-refractivity contribution in [1.82, 2.24) is 4.90 Å². The molecular formula is C23H26N2O3. The smallest absolute Gasteiger partial charge is 0.339 e. The Labute approximate surface area is 165 Å². The molecule has 0 aliphatic carbocycles. The molecule has 1 fully saturated rings. The number of nitrogens with one attached hydrogen (secondary N) is 1. The van der Waals surface area contributed by atoms with E-state index in [0.717, 1.165) is 24.1 Å². The normalized spacial score (nSPS) is 21.4. The maximum absolute atomic E-state index is 12.9. The van der Waals surface area contributed by atoms with Crippen LogP contribution >= 0.6 is 0 Å². The highest BCUT2D eigenvalue weighted by molar-refractivity contribution is 5.95. The highest BCUT2D eigenvalue weighted by Crippen LogP contribution is 2.42. The first-order valence-electron chi connectivity index (χ1n) is 9.78. The van der Waals surface area contributed by atoms with E-state index in [4.69, 9.17) is 4.74 Å². The largest absolute Gasteiger partial charge is 0.449 e. The van der Waals surface area contributed by atoms with Crippen molar-refractivity contribution in [3.63, 3.8) is 0 Å². The number of esters is 1. The predicted molar refractivity (Wildman–Crippen MR) is 109 cm³/mol. The van der Waals surface area contributed by atoms with Crippen molar-refractivity contribution in [3.05, 3.63) is 65.2 Å². The Morgan fingerprint density at radius 1 is 1.11 bits per heavy atom. The first kappa shape index (κ1) is 18.5. The summed E-state index contributed by atoms with van der Waals surface area (Å²) in [5, 5.41) is 2.98. The number of fused-ring (bicyclic) bond motifs is 2. The van der Waals surface area contributed by atoms with Gasteiger partial charge in [0.15, 0.2) is 5.60 Å². The Balaban J connectivity index is 1.50. The monoisotopic (exact) mass is 378 g/mol. The average molecular weight is 378 g/mol. The van der Waals surface area contributed by atoms with Gasteiger partial charge in [-0.1, -0.05) is 51.1 Å². The van der Waals surface area contributed by atoms with Gasteiger partial charge in [-0.3, -0.25) is 0 Å². The van der Waals surface area contributed by atoms with Gasteiger partial charge in [0.1, 0.15) is 0 Å². The summed E-state index contributed by atoms with van der Waals surface area (Å²) in [4.78, 5) is 26.9. The number of benzene rings is 2. The fourth-order valence-corrected chi connectivity index (χ4v) is 4.10. The van der Waals surface area contributed by atoms with E-state index in [2.05, 4.69) is 26.1 Å². The molecular weight excluding hydrogens is 352 g/mol. The van der Waals surface area contributed by atoms with E-state index in [0.29, 0.717) is 18.7 Å². The highest BCUT2D eigenvalue weighted by atomic mass is 16.6. The fraction of sp³-hybridized carbons (Fsp3) is 0.391. The van der Waals surface area contributed by atoms with Gasteiger partial charge in [0.2, 0.25) is 0 Å². The van der Waals surface area contributed by atoms with Crippen molar-refractivity contribution in [2.45, 2.75) is 44.6 Å². The Kier molecular flexibility index (Phi) is 4.41. The summed E-state index contributed by atoms with van der Waals surface area (Å²) < 4.78 is 5.78. The zero-order valence-electron chi connectivity index (χ0n) is 16.6. The minimum atomic E-state index is -0.723. The zero-order valence-corrected chi connectivity index (χ0v) is 16.6. The van der Waals surface area contributed by atoms with Crippen molar-refractivity contribution >= 4 is 17.7 Å². The van der Waals surface area contributed by atoms with Crippen LogP contribution in [0.25, 0.3) is 0 Å². The van der Waals surface area contributed by atoms with Crippen LogP contribution in [0, 0.1) is 0 Å². The number of anilines is 1. The topological polar surface area (TPSA) is 58.6 Å². The molecule has 146 valence electrons. The molecule has 5 heteroatoms. The third-order valence-electron chi connectivity index (χ3n) is 5.67. The van der Waals surface area contributed by atoms with Crippen LogP contribution in [0.15, 0.2) is 48.5 Å². The zero-order chi connectivity index (χ0) is 19.9. The van der Waals surface area contributed by atoms with Crippen molar-refractivity contribution in [2.75, 3.05) is 18.4 Å². The number of hydrogen-bond acceptors (Lipinski definition) is 3. The number of nitrogens with zero attached hydrogens (tertiary/aromatic N) is 1. The molecule has 2 aliphatic rings. The van der Waals surface area contributed by atoms with Gasteiger partial charge in [0.05, 0.1) is 12.1 Å². The van der Waals surface area contributed by atoms with E-state index in [1.54, 1.807) is 11.0 Å². The molecule has 1 atom stereocenters. The van der Waals surface area contributed by atoms with Gasteiger partial charge in [-0.05, 0) is 42.0 Å². The van der Waals surface area contributed by atoms with Crippen molar-refractivity contribution in [2.24, 2.45) is 0 Å². The van der Waals surface area contributed by atoms with E-state index in [-0.39, 0.29) is 17.4 Å². The van der Waals surface area contributed by atoms with Crippen LogP contribution in [-0.2, 0) is 15.8 Å². The molecule has 2 aliphatic heterocycles. The van der Waals surface area contributed by atoms with Gasteiger partial charge >= 0.3 is 12.0 Å². The van der Waals surface area contributed by atoms with Gasteiger partial charge in [-0.2, -0.15) is 0 Å². The van der Waals surface area contributed by atoms with Crippen LogP contribution < -0.4 is 5.32 Å². The molecule has 2 aromatic carbocycles. The number of amides is 2. The molecule has 0 bridgehead atoms. The molecule has 28 heavy (non-hydrogen) atoms. The third kappa shape index (κ3) is 3.26. The number of carbonyl (C=O) groups is 2. The molecule has 0 radical (unpaired) electrons. The summed E-state index contributed by atoms with van der Waals surface area (Å²) in [5.41, 5.74) is 2.84. The minimum absolute atomic E-state index is 0.0710. The summed E-state index contributed by atoms with van der Waals surface area (Å²) in [7, 11) is 0. The Morgan fingerprint density at radius 2 is 1.82 bits per heavy atom. The maximum atomic E-state index is 12.9. The molecule has 1 saturated heterocycles. The van der Waals surface area contributed by atoms with E-state index in [1.807, 2.05) is 42.5 Å². The van der Waals surface area contributed by atoms with Crippen LogP contribution in [0.5, 0.6) is 0 Å². The van der Waals surface area contributed by atoms with Crippen molar-refractivity contribution in [1.29, 1.82) is 0 Å². The summed E-state index contributed by atoms with van der Waals surface area (Å²) in [6.45, 7) is 7.51. The number of piperidine rings is 1. The Bertz CT molecular complexity index is 914. The lowest BCUT2D eigenvalue weighted by molar-refractivity contribution is -0.0400. The van der Waals surface area contributed by atoms with Gasteiger partial charge in [-0.15, -0.1) is 0 Å². The van der Waals surface area contributed by atoms with Gasteiger partial charge < -0.3 is 15.0 Å². The predicted octanol–water partition coefficient (Wildman–Crippen LogP) is 4.68. The molecule has 4 rings (SSSR count). The quantitative estimate of drug-likeness (QED) is 0.733. The molecule has 5 nitrogen and oxygen atoms in total. The Hall–Kier alpha value is -2.82. The van der Waals surface area contributed by atoms with Crippen molar-refractivity contribution < 1.29 is 14.3 Å². The van der Waals surface area contributed by atoms with Gasteiger partial charge in [0.25, 0.3) is 0 Å². The second kappa shape index (κ2) is 6.66. The molecule has 2 amide bonds. The number of rotatable bonds is 1. The standard InChI is InChI=1S/C23H26N2O3/c1-22(2,3)16-9-11-17(12-10-16)24-21(27)25-14-6-13-23(15-25)19-8-5-4-7-18(19)20(26)28-23/h4-5,7-12H,6,13-15H2,1-3H3,(H,24,27). The molecule has 0 saturated carbocycles. The molecule has 1 N–H and O–H groups in total. The molecule has 1 spiro atoms. The van der Waals surface area contributed by atoms with Crippen LogP contribution in [0.4, 0.5) is 10.5 Å². The summed E-state index contributed by atoms with van der Waals surface area (Å²) >= 11 is 0. The number of hydrogen-bond donors (Lipinski definition) is 1. The second-order valence-corrected chi connectivity index (χ2v) is 8.71. The van der Waals surface area contributed by atoms with Crippen LogP contribution in [-0.4, -0.2) is 30.0 Å². The number of urea groups is 1. The lowest BCUT2D eigenvalue weighted by Crippen LogP contribution is -2.50. The maximum Gasteiger partial charge on any atom is 0.339 e. The van der Waals surface area contributed by atoms with Crippen LogP contribution in [0.2, 0.25) is 0 Å². The summed E-state index contributed by atoms with van der Waals surface area (Å²) in [6.07, 6.45) is 1.53. The molecule has 1 unspecified atom stereocenters. The van der Waals surface area contributed by atoms with E-state index in [9.17, 15) is 9.59 Å². The fourth-order valence-electron chi connectivity index (χ4n) is 4.10. The van der Waals surface area contributed by atoms with E-state index < -0.39 is 5.60 Å². The minimum Gasteiger partial charge on any atom is -0.449 e. The Morgan fingerprint density at radius 3 is 2.54 bits per heavy atom. The lowest BCUT2D eigenvalue weighted by atomic mass is 9.85. The molecule has 2 heterocycles. The highest BCUT2D eigenvalue weighted by Gasteiger charge is 2.48. The van der Waals surface area contributed by atoms with Gasteiger partial charge in [-0.25, -0.2) is 9.59 Å². The number of ether oxygens (including phenoxy) is 1. The van der Waals surface area contributed by atoms with Crippen molar-refractivity contribution in [3.8, 4) is 0 Å². The average Bonchev–Trinajstić information content (AvgIpc) is 2.93. The second-order valence-electron chi connectivity index (χ2n) is 8.71. The van der Waals surface area contributed by atoms with Crippen LogP contribution in [0.1, 0.15) is 55.1 Å². The first-order chi connectivity index (χ1) is 13.3. The SMILES string of the molecule is CC(C)(C)c1ccc(NC(=O)N2CCCC3(C2)OC(=O)c2ccccc23)cc1. The van der Waals surface area contributed by atoms with E-state index >= 15 is 0 Å².